The second-order valence-corrected chi connectivity index (χ2v) is 8.04. The Bertz CT molecular complexity index is 1250. The predicted octanol–water partition coefficient (Wildman–Crippen LogP) is 2.42. The summed E-state index contributed by atoms with van der Waals surface area (Å²) >= 11 is 5.81. The van der Waals surface area contributed by atoms with Crippen molar-refractivity contribution in [3.63, 3.8) is 0 Å². The molecule has 0 spiro atoms. The van der Waals surface area contributed by atoms with Crippen molar-refractivity contribution < 1.29 is 28.3 Å². The van der Waals surface area contributed by atoms with E-state index in [-0.39, 0.29) is 30.1 Å². The van der Waals surface area contributed by atoms with Gasteiger partial charge < -0.3 is 25.5 Å². The second kappa shape index (κ2) is 7.92. The van der Waals surface area contributed by atoms with Crippen LogP contribution in [-0.4, -0.2) is 35.0 Å². The number of fused-ring (bicyclic) bond motifs is 1. The Morgan fingerprint density at radius 2 is 2.06 bits per heavy atom. The fourth-order valence-corrected chi connectivity index (χ4v) is 4.13. The maximum absolute atomic E-state index is 13.5. The molecule has 1 fully saturated rings. The first-order valence-electron chi connectivity index (χ1n) is 9.71. The van der Waals surface area contributed by atoms with Crippen molar-refractivity contribution in [3.8, 4) is 0 Å². The van der Waals surface area contributed by atoms with Crippen molar-refractivity contribution in [2.75, 3.05) is 11.4 Å². The van der Waals surface area contributed by atoms with Gasteiger partial charge in [0.15, 0.2) is 0 Å². The molecule has 32 heavy (non-hydrogen) atoms. The highest BCUT2D eigenvalue weighted by Crippen LogP contribution is 2.33. The van der Waals surface area contributed by atoms with Crippen LogP contribution in [0.15, 0.2) is 40.8 Å². The van der Waals surface area contributed by atoms with Gasteiger partial charge in [0.1, 0.15) is 17.2 Å². The van der Waals surface area contributed by atoms with Crippen LogP contribution in [0.3, 0.4) is 0 Å². The average Bonchev–Trinajstić information content (AvgIpc) is 3.21. The summed E-state index contributed by atoms with van der Waals surface area (Å²) in [4.78, 5) is 38.6. The SMILES string of the molecule is Cc1oc2ccc(N3CCC(O)(C(=O)NCc4cc(F)cc(Cl)c4)C3=O)cc2c1C(N)=O. The third kappa shape index (κ3) is 3.69. The minimum atomic E-state index is -2.29. The molecular formula is C22H19ClFN3O5. The Kier molecular flexibility index (Phi) is 5.39. The molecule has 1 atom stereocenters. The Morgan fingerprint density at radius 1 is 1.31 bits per heavy atom. The first-order valence-corrected chi connectivity index (χ1v) is 10.1. The molecule has 1 aliphatic heterocycles. The van der Waals surface area contributed by atoms with Gasteiger partial charge in [0, 0.05) is 35.6 Å². The summed E-state index contributed by atoms with van der Waals surface area (Å²) in [6.07, 6.45) is -0.146. The first kappa shape index (κ1) is 21.8. The summed E-state index contributed by atoms with van der Waals surface area (Å²) in [6.45, 7) is 1.56. The summed E-state index contributed by atoms with van der Waals surface area (Å²) in [7, 11) is 0. The highest BCUT2D eigenvalue weighted by atomic mass is 35.5. The van der Waals surface area contributed by atoms with Crippen molar-refractivity contribution >= 4 is 46.0 Å². The van der Waals surface area contributed by atoms with Gasteiger partial charge in [0.25, 0.3) is 17.7 Å². The molecule has 0 saturated carbocycles. The molecule has 0 radical (unpaired) electrons. The van der Waals surface area contributed by atoms with E-state index in [0.717, 1.165) is 6.07 Å². The first-order chi connectivity index (χ1) is 15.1. The van der Waals surface area contributed by atoms with Gasteiger partial charge in [0.05, 0.1) is 5.56 Å². The monoisotopic (exact) mass is 459 g/mol. The molecule has 3 amide bonds. The average molecular weight is 460 g/mol. The maximum atomic E-state index is 13.5. The van der Waals surface area contributed by atoms with E-state index < -0.39 is 29.1 Å². The second-order valence-electron chi connectivity index (χ2n) is 7.61. The lowest BCUT2D eigenvalue weighted by Gasteiger charge is -2.22. The molecular weight excluding hydrogens is 441 g/mol. The number of carbonyl (C=O) groups is 3. The van der Waals surface area contributed by atoms with E-state index in [2.05, 4.69) is 5.32 Å². The van der Waals surface area contributed by atoms with E-state index in [1.807, 2.05) is 0 Å². The van der Waals surface area contributed by atoms with Crippen molar-refractivity contribution in [3.05, 3.63) is 64.1 Å². The summed E-state index contributed by atoms with van der Waals surface area (Å²) in [5, 5.41) is 13.9. The van der Waals surface area contributed by atoms with Gasteiger partial charge in [-0.1, -0.05) is 11.6 Å². The molecule has 0 bridgehead atoms. The van der Waals surface area contributed by atoms with Crippen LogP contribution in [0.1, 0.15) is 28.1 Å². The third-order valence-corrected chi connectivity index (χ3v) is 5.67. The molecule has 3 aromatic rings. The maximum Gasteiger partial charge on any atom is 0.268 e. The predicted molar refractivity (Wildman–Crippen MR) is 115 cm³/mol. The Balaban J connectivity index is 1.55. The zero-order chi connectivity index (χ0) is 23.2. The van der Waals surface area contributed by atoms with E-state index in [1.54, 1.807) is 25.1 Å². The molecule has 2 aromatic carbocycles. The fourth-order valence-electron chi connectivity index (χ4n) is 3.89. The van der Waals surface area contributed by atoms with E-state index in [0.29, 0.717) is 28.0 Å². The topological polar surface area (TPSA) is 126 Å². The Morgan fingerprint density at radius 3 is 2.75 bits per heavy atom. The summed E-state index contributed by atoms with van der Waals surface area (Å²) < 4.78 is 19.0. The number of furan rings is 1. The minimum absolute atomic E-state index is 0.0722. The standard InChI is InChI=1S/C22H19ClFN3O5/c1-11-18(19(25)28)16-9-15(2-3-17(16)32-11)27-5-4-22(31,21(27)30)20(29)26-10-12-6-13(23)8-14(24)7-12/h2-3,6-9,31H,4-5,10H2,1H3,(H2,25,28)(H,26,29). The van der Waals surface area contributed by atoms with Crippen LogP contribution >= 0.6 is 11.6 Å². The van der Waals surface area contributed by atoms with Crippen molar-refractivity contribution in [2.45, 2.75) is 25.5 Å². The zero-order valence-electron chi connectivity index (χ0n) is 16.9. The van der Waals surface area contributed by atoms with Crippen LogP contribution in [-0.2, 0) is 16.1 Å². The zero-order valence-corrected chi connectivity index (χ0v) is 17.7. The molecule has 4 N–H and O–H groups in total. The van der Waals surface area contributed by atoms with E-state index >= 15 is 0 Å². The summed E-state index contributed by atoms with van der Waals surface area (Å²) in [5.41, 5.74) is 4.54. The minimum Gasteiger partial charge on any atom is -0.461 e. The molecule has 0 aliphatic carbocycles. The number of nitrogens with one attached hydrogen (secondary N) is 1. The van der Waals surface area contributed by atoms with Crippen LogP contribution < -0.4 is 16.0 Å². The number of hydrogen-bond acceptors (Lipinski definition) is 5. The number of anilines is 1. The van der Waals surface area contributed by atoms with Gasteiger partial charge in [-0.2, -0.15) is 0 Å². The van der Waals surface area contributed by atoms with Crippen molar-refractivity contribution in [1.29, 1.82) is 0 Å². The lowest BCUT2D eigenvalue weighted by Crippen LogP contribution is -2.52. The third-order valence-electron chi connectivity index (χ3n) is 5.45. The largest absolute Gasteiger partial charge is 0.461 e. The Labute approximate surface area is 186 Å². The fraction of sp³-hybridized carbons (Fsp3) is 0.227. The smallest absolute Gasteiger partial charge is 0.268 e. The highest BCUT2D eigenvalue weighted by molar-refractivity contribution is 6.30. The van der Waals surface area contributed by atoms with Gasteiger partial charge >= 0.3 is 0 Å². The van der Waals surface area contributed by atoms with Crippen LogP contribution in [0.2, 0.25) is 5.02 Å². The molecule has 8 nitrogen and oxygen atoms in total. The van der Waals surface area contributed by atoms with Gasteiger partial charge in [-0.15, -0.1) is 0 Å². The molecule has 1 unspecified atom stereocenters. The molecule has 10 heteroatoms. The van der Waals surface area contributed by atoms with Crippen LogP contribution in [0.4, 0.5) is 10.1 Å². The highest BCUT2D eigenvalue weighted by Gasteiger charge is 2.51. The number of rotatable bonds is 5. The Hall–Kier alpha value is -3.43. The van der Waals surface area contributed by atoms with Gasteiger partial charge in [-0.25, -0.2) is 4.39 Å². The van der Waals surface area contributed by atoms with Crippen LogP contribution in [0.25, 0.3) is 11.0 Å². The quantitative estimate of drug-likeness (QED) is 0.505. The van der Waals surface area contributed by atoms with Crippen LogP contribution in [0.5, 0.6) is 0 Å². The number of halogens is 2. The number of nitrogens with zero attached hydrogens (tertiary/aromatic N) is 1. The number of benzene rings is 2. The number of amides is 3. The number of primary amides is 1. The van der Waals surface area contributed by atoms with Gasteiger partial charge in [0.2, 0.25) is 5.60 Å². The number of hydrogen-bond donors (Lipinski definition) is 3. The lowest BCUT2D eigenvalue weighted by atomic mass is 10.0. The van der Waals surface area contributed by atoms with Crippen molar-refractivity contribution in [2.24, 2.45) is 5.73 Å². The molecule has 166 valence electrons. The molecule has 1 aliphatic rings. The van der Waals surface area contributed by atoms with E-state index in [1.165, 1.54) is 17.0 Å². The molecule has 1 saturated heterocycles. The normalized spacial score (nSPS) is 18.4. The number of nitrogens with two attached hydrogens (primary N) is 1. The molecule has 4 rings (SSSR count). The summed E-state index contributed by atoms with van der Waals surface area (Å²) in [5.74, 6) is -2.59. The van der Waals surface area contributed by atoms with Gasteiger partial charge in [-0.05, 0) is 48.9 Å². The van der Waals surface area contributed by atoms with E-state index in [9.17, 15) is 23.9 Å². The number of carbonyl (C=O) groups excluding carboxylic acids is 3. The summed E-state index contributed by atoms with van der Waals surface area (Å²) in [6, 6.07) is 8.52. The molecule has 2 heterocycles. The van der Waals surface area contributed by atoms with Gasteiger partial charge in [-0.3, -0.25) is 14.4 Å². The van der Waals surface area contributed by atoms with Crippen LogP contribution in [0, 0.1) is 12.7 Å². The van der Waals surface area contributed by atoms with E-state index in [4.69, 9.17) is 21.8 Å². The number of aryl methyl sites for hydroxylation is 1. The molecule has 1 aromatic heterocycles. The number of aliphatic hydroxyl groups is 1. The lowest BCUT2D eigenvalue weighted by molar-refractivity contribution is -0.149. The van der Waals surface area contributed by atoms with Crippen molar-refractivity contribution in [1.82, 2.24) is 5.32 Å².